The fourth-order valence-corrected chi connectivity index (χ4v) is 9.62. The van der Waals surface area contributed by atoms with Crippen molar-refractivity contribution in [2.75, 3.05) is 18.1 Å². The number of primary amides is 1. The van der Waals surface area contributed by atoms with Crippen LogP contribution >= 0.6 is 11.6 Å². The number of nitrogens with two attached hydrogens (primary N) is 1. The molecule has 2 N–H and O–H groups in total. The summed E-state index contributed by atoms with van der Waals surface area (Å²) in [5.41, 5.74) is 4.28. The Balaban J connectivity index is 1.83. The minimum Gasteiger partial charge on any atom is -0.444 e. The average Bonchev–Trinajstić information content (AvgIpc) is 3.39. The van der Waals surface area contributed by atoms with Gasteiger partial charge in [-0.15, -0.1) is 0 Å². The molecule has 0 saturated carbocycles. The number of rotatable bonds is 8. The zero-order chi connectivity index (χ0) is 36.1. The van der Waals surface area contributed by atoms with Crippen molar-refractivity contribution >= 4 is 43.3 Å². The number of carbonyl (C=O) groups excluding carboxylic acids is 2. The fourth-order valence-electron chi connectivity index (χ4n) is 5.83. The number of carbonyl (C=O) groups is 2. The van der Waals surface area contributed by atoms with Crippen LogP contribution in [0.2, 0.25) is 5.02 Å². The Hall–Kier alpha value is -4.27. The number of fused-ring (bicyclic) bond motifs is 1. The summed E-state index contributed by atoms with van der Waals surface area (Å²) in [4.78, 5) is 27.8. The number of aryl methyl sites for hydroxylation is 2. The summed E-state index contributed by atoms with van der Waals surface area (Å²) in [7, 11) is -8.63. The van der Waals surface area contributed by atoms with E-state index >= 15 is 0 Å². The third kappa shape index (κ3) is 7.51. The van der Waals surface area contributed by atoms with Gasteiger partial charge in [0.2, 0.25) is 0 Å². The molecule has 3 aromatic carbocycles. The maximum atomic E-state index is 14.3. The maximum absolute atomic E-state index is 14.3. The molecule has 0 radical (unpaired) electrons. The van der Waals surface area contributed by atoms with Crippen molar-refractivity contribution in [3.05, 3.63) is 100.0 Å². The van der Waals surface area contributed by atoms with Crippen molar-refractivity contribution in [3.8, 4) is 11.3 Å². The highest BCUT2D eigenvalue weighted by molar-refractivity contribution is 7.92. The predicted octanol–water partition coefficient (Wildman–Crippen LogP) is 5.45. The smallest absolute Gasteiger partial charge is 0.410 e. The van der Waals surface area contributed by atoms with Gasteiger partial charge in [-0.2, -0.15) is 5.10 Å². The number of ether oxygens (including phenoxy) is 1. The summed E-state index contributed by atoms with van der Waals surface area (Å²) in [6, 6.07) is 15.7. The summed E-state index contributed by atoms with van der Waals surface area (Å²) in [5, 5.41) is 4.36. The average molecular weight is 731 g/mol. The van der Waals surface area contributed by atoms with Crippen LogP contribution in [-0.4, -0.2) is 67.2 Å². The first-order chi connectivity index (χ1) is 22.7. The molecule has 260 valence electrons. The molecule has 4 aromatic rings. The second-order valence-electron chi connectivity index (χ2n) is 13.3. The number of amides is 2. The Bertz CT molecular complexity index is 2080. The number of hydrogen-bond donors (Lipinski definition) is 1. The van der Waals surface area contributed by atoms with E-state index in [0.717, 1.165) is 22.1 Å². The normalized spacial score (nSPS) is 14.7. The Morgan fingerprint density at radius 1 is 0.918 bits per heavy atom. The quantitative estimate of drug-likeness (QED) is 0.251. The van der Waals surface area contributed by atoms with Crippen LogP contribution in [0.5, 0.6) is 0 Å². The van der Waals surface area contributed by atoms with Crippen LogP contribution in [0, 0.1) is 19.7 Å². The molecule has 2 amide bonds. The molecule has 2 heterocycles. The monoisotopic (exact) mass is 730 g/mol. The molecule has 0 fully saturated rings. The van der Waals surface area contributed by atoms with Crippen LogP contribution in [0.1, 0.15) is 48.0 Å². The van der Waals surface area contributed by atoms with Crippen LogP contribution in [0.15, 0.2) is 76.5 Å². The molecule has 0 saturated heterocycles. The molecule has 15 heteroatoms. The van der Waals surface area contributed by atoms with Crippen molar-refractivity contribution in [2.24, 2.45) is 5.73 Å². The number of nitrogens with zero attached hydrogens (tertiary/aromatic N) is 3. The van der Waals surface area contributed by atoms with Gasteiger partial charge in [-0.25, -0.2) is 26.0 Å². The highest BCUT2D eigenvalue weighted by Gasteiger charge is 2.51. The summed E-state index contributed by atoms with van der Waals surface area (Å²) < 4.78 is 78.0. The summed E-state index contributed by atoms with van der Waals surface area (Å²) in [6.07, 6.45) is -0.883. The SMILES string of the molecule is Cc1ccc(S(=O)(=O)CC2(CS(=O)(=O)c3ccc(C)cc3)CN(C(=O)OC(C)(C)C)Cc3c(C(N)=O)c(-c4ccc(F)c(Cl)c4)nn32)cc1. The lowest BCUT2D eigenvalue weighted by molar-refractivity contribution is 0.00956. The largest absolute Gasteiger partial charge is 0.444 e. The lowest BCUT2D eigenvalue weighted by Gasteiger charge is -2.43. The molecule has 49 heavy (non-hydrogen) atoms. The summed E-state index contributed by atoms with van der Waals surface area (Å²) >= 11 is 6.08. The molecule has 1 aliphatic heterocycles. The molecule has 11 nitrogen and oxygen atoms in total. The predicted molar refractivity (Wildman–Crippen MR) is 182 cm³/mol. The second-order valence-corrected chi connectivity index (χ2v) is 17.7. The van der Waals surface area contributed by atoms with Crippen molar-refractivity contribution < 1.29 is 35.6 Å². The topological polar surface area (TPSA) is 159 Å². The van der Waals surface area contributed by atoms with Gasteiger partial charge in [0.25, 0.3) is 5.91 Å². The van der Waals surface area contributed by atoms with Crippen molar-refractivity contribution in [1.29, 1.82) is 0 Å². The van der Waals surface area contributed by atoms with Gasteiger partial charge < -0.3 is 10.5 Å². The van der Waals surface area contributed by atoms with E-state index < -0.39 is 66.7 Å². The molecule has 5 rings (SSSR count). The first-order valence-corrected chi connectivity index (χ1v) is 18.8. The van der Waals surface area contributed by atoms with Gasteiger partial charge in [-0.1, -0.05) is 47.0 Å². The van der Waals surface area contributed by atoms with E-state index in [9.17, 15) is 30.8 Å². The number of hydrogen-bond acceptors (Lipinski definition) is 8. The number of aromatic nitrogens is 2. The Morgan fingerprint density at radius 2 is 1.43 bits per heavy atom. The van der Waals surface area contributed by atoms with E-state index in [0.29, 0.717) is 0 Å². The fraction of sp³-hybridized carbons (Fsp3) is 0.324. The number of halogens is 2. The van der Waals surface area contributed by atoms with E-state index in [1.807, 2.05) is 0 Å². The Morgan fingerprint density at radius 3 is 1.88 bits per heavy atom. The van der Waals surface area contributed by atoms with Gasteiger partial charge in [-0.3, -0.25) is 14.4 Å². The highest BCUT2D eigenvalue weighted by atomic mass is 35.5. The van der Waals surface area contributed by atoms with Crippen molar-refractivity contribution in [3.63, 3.8) is 0 Å². The molecule has 0 bridgehead atoms. The second kappa shape index (κ2) is 12.9. The van der Waals surface area contributed by atoms with Gasteiger partial charge in [0.15, 0.2) is 19.7 Å². The minimum atomic E-state index is -4.32. The zero-order valence-corrected chi connectivity index (χ0v) is 29.9. The van der Waals surface area contributed by atoms with Gasteiger partial charge in [0.05, 0.1) is 50.7 Å². The van der Waals surface area contributed by atoms with Crippen LogP contribution in [0.25, 0.3) is 11.3 Å². The van der Waals surface area contributed by atoms with E-state index in [1.165, 1.54) is 41.1 Å². The molecular formula is C34H36ClFN4O7S2. The third-order valence-electron chi connectivity index (χ3n) is 8.02. The maximum Gasteiger partial charge on any atom is 0.410 e. The molecule has 0 spiro atoms. The van der Waals surface area contributed by atoms with E-state index in [4.69, 9.17) is 22.1 Å². The standard InChI is InChI=1S/C34H36ClFN4O7S2/c1-21-6-11-24(12-7-21)48(43,44)19-34(20-49(45,46)25-13-8-22(2)9-14-25)18-39(32(42)47-33(3,4)5)17-28-29(31(37)41)30(38-40(28)34)23-10-15-27(36)26(35)16-23/h6-16H,17-20H2,1-5H3,(H2,37,41). The lowest BCUT2D eigenvalue weighted by Crippen LogP contribution is -2.59. The first-order valence-electron chi connectivity index (χ1n) is 15.2. The molecule has 1 aromatic heterocycles. The lowest BCUT2D eigenvalue weighted by atomic mass is 9.98. The summed E-state index contributed by atoms with van der Waals surface area (Å²) in [5.74, 6) is -3.46. The van der Waals surface area contributed by atoms with Gasteiger partial charge in [0, 0.05) is 5.56 Å². The van der Waals surface area contributed by atoms with Crippen LogP contribution in [-0.2, 0) is 36.5 Å². The Kier molecular flexibility index (Phi) is 9.47. The van der Waals surface area contributed by atoms with Crippen molar-refractivity contribution in [1.82, 2.24) is 14.7 Å². The van der Waals surface area contributed by atoms with E-state index in [2.05, 4.69) is 5.10 Å². The third-order valence-corrected chi connectivity index (χ3v) is 12.1. The van der Waals surface area contributed by atoms with Crippen LogP contribution in [0.4, 0.5) is 9.18 Å². The summed E-state index contributed by atoms with van der Waals surface area (Å²) in [6.45, 7) is 7.66. The molecule has 0 unspecified atom stereocenters. The molecule has 1 aliphatic rings. The van der Waals surface area contributed by atoms with Crippen LogP contribution in [0.3, 0.4) is 0 Å². The number of sulfone groups is 2. The van der Waals surface area contributed by atoms with E-state index in [1.54, 1.807) is 58.9 Å². The van der Waals surface area contributed by atoms with Gasteiger partial charge in [0.1, 0.15) is 22.7 Å². The minimum absolute atomic E-state index is 0.0294. The zero-order valence-electron chi connectivity index (χ0n) is 27.5. The Labute approximate surface area is 289 Å². The van der Waals surface area contributed by atoms with Crippen LogP contribution < -0.4 is 5.73 Å². The van der Waals surface area contributed by atoms with Gasteiger partial charge >= 0.3 is 6.09 Å². The van der Waals surface area contributed by atoms with E-state index in [-0.39, 0.29) is 43.9 Å². The van der Waals surface area contributed by atoms with Gasteiger partial charge in [-0.05, 0) is 77.1 Å². The van der Waals surface area contributed by atoms with Crippen molar-refractivity contribution in [2.45, 2.75) is 62.1 Å². The first kappa shape index (κ1) is 36.0. The molecule has 0 atom stereocenters. The molecule has 0 aliphatic carbocycles. The highest BCUT2D eigenvalue weighted by Crippen LogP contribution is 2.39. The number of benzene rings is 3. The molecular weight excluding hydrogens is 695 g/mol.